The lowest BCUT2D eigenvalue weighted by Gasteiger charge is -2.36. The molecule has 1 saturated heterocycles. The molecule has 7 nitrogen and oxygen atoms in total. The van der Waals surface area contributed by atoms with Gasteiger partial charge in [0.05, 0.1) is 18.2 Å². The SMILES string of the molecule is COc1cc(-c2ccc3ncccc3c2)ccc1C(=O)N1CCN(C(=O)C2(O)CC2)CC1. The molecule has 1 N–H and O–H groups in total. The Morgan fingerprint density at radius 2 is 1.66 bits per heavy atom. The molecular formula is C25H25N3O4. The molecule has 1 saturated carbocycles. The van der Waals surface area contributed by atoms with Crippen LogP contribution < -0.4 is 4.74 Å². The van der Waals surface area contributed by atoms with E-state index < -0.39 is 5.60 Å². The highest BCUT2D eigenvalue weighted by molar-refractivity contribution is 5.98. The number of amides is 2. The first-order valence-corrected chi connectivity index (χ1v) is 10.8. The monoisotopic (exact) mass is 431 g/mol. The molecule has 0 radical (unpaired) electrons. The summed E-state index contributed by atoms with van der Waals surface area (Å²) in [6, 6.07) is 15.6. The highest BCUT2D eigenvalue weighted by atomic mass is 16.5. The summed E-state index contributed by atoms with van der Waals surface area (Å²) >= 11 is 0. The average molecular weight is 431 g/mol. The fourth-order valence-electron chi connectivity index (χ4n) is 4.21. The smallest absolute Gasteiger partial charge is 0.257 e. The largest absolute Gasteiger partial charge is 0.496 e. The van der Waals surface area contributed by atoms with Gasteiger partial charge in [-0.1, -0.05) is 18.2 Å². The minimum atomic E-state index is -1.16. The van der Waals surface area contributed by atoms with Gasteiger partial charge in [0, 0.05) is 37.8 Å². The topological polar surface area (TPSA) is 83.0 Å². The van der Waals surface area contributed by atoms with Crippen molar-refractivity contribution in [2.45, 2.75) is 18.4 Å². The first-order valence-electron chi connectivity index (χ1n) is 10.8. The number of aliphatic hydroxyl groups is 1. The van der Waals surface area contributed by atoms with E-state index in [0.29, 0.717) is 50.3 Å². The third-order valence-electron chi connectivity index (χ3n) is 6.34. The molecular weight excluding hydrogens is 406 g/mol. The van der Waals surface area contributed by atoms with Gasteiger partial charge in [-0.15, -0.1) is 0 Å². The van der Waals surface area contributed by atoms with E-state index in [4.69, 9.17) is 4.74 Å². The molecule has 164 valence electrons. The minimum absolute atomic E-state index is 0.117. The summed E-state index contributed by atoms with van der Waals surface area (Å²) in [5.74, 6) is 0.190. The maximum Gasteiger partial charge on any atom is 0.257 e. The van der Waals surface area contributed by atoms with Crippen molar-refractivity contribution in [1.82, 2.24) is 14.8 Å². The molecule has 1 aromatic heterocycles. The number of aromatic nitrogens is 1. The summed E-state index contributed by atoms with van der Waals surface area (Å²) < 4.78 is 5.56. The van der Waals surface area contributed by atoms with Crippen LogP contribution in [0.25, 0.3) is 22.0 Å². The molecule has 7 heteroatoms. The zero-order valence-corrected chi connectivity index (χ0v) is 18.0. The minimum Gasteiger partial charge on any atom is -0.496 e. The van der Waals surface area contributed by atoms with Gasteiger partial charge in [-0.2, -0.15) is 0 Å². The fraction of sp³-hybridized carbons (Fsp3) is 0.320. The Kier molecular flexibility index (Phi) is 5.06. The van der Waals surface area contributed by atoms with E-state index in [1.54, 1.807) is 29.2 Å². The van der Waals surface area contributed by atoms with Gasteiger partial charge in [0.2, 0.25) is 0 Å². The molecule has 32 heavy (non-hydrogen) atoms. The molecule has 0 bridgehead atoms. The third-order valence-corrected chi connectivity index (χ3v) is 6.34. The summed E-state index contributed by atoms with van der Waals surface area (Å²) in [6.45, 7) is 1.73. The number of methoxy groups -OCH3 is 1. The zero-order valence-electron chi connectivity index (χ0n) is 18.0. The standard InChI is InChI=1S/C25H25N3O4/c1-32-22-16-18(17-5-7-21-19(15-17)3-2-10-26-21)4-6-20(22)23(29)27-11-13-28(14-12-27)24(30)25(31)8-9-25/h2-7,10,15-16,31H,8-9,11-14H2,1H3. The van der Waals surface area contributed by atoms with Crippen molar-refractivity contribution in [3.8, 4) is 16.9 Å². The van der Waals surface area contributed by atoms with Crippen LogP contribution in [0.2, 0.25) is 0 Å². The van der Waals surface area contributed by atoms with Crippen LogP contribution in [0.15, 0.2) is 54.7 Å². The number of hydrogen-bond acceptors (Lipinski definition) is 5. The van der Waals surface area contributed by atoms with Crippen LogP contribution in [0, 0.1) is 0 Å². The second kappa shape index (κ2) is 7.91. The van der Waals surface area contributed by atoms with E-state index in [1.165, 1.54) is 0 Å². The average Bonchev–Trinajstić information content (AvgIpc) is 3.61. The van der Waals surface area contributed by atoms with Crippen LogP contribution in [-0.4, -0.2) is 70.6 Å². The van der Waals surface area contributed by atoms with Crippen LogP contribution in [0.1, 0.15) is 23.2 Å². The van der Waals surface area contributed by atoms with Gasteiger partial charge in [0.15, 0.2) is 0 Å². The van der Waals surface area contributed by atoms with Crippen molar-refractivity contribution in [3.63, 3.8) is 0 Å². The number of benzene rings is 2. The van der Waals surface area contributed by atoms with Gasteiger partial charge < -0.3 is 19.6 Å². The van der Waals surface area contributed by atoms with E-state index in [9.17, 15) is 14.7 Å². The Balaban J connectivity index is 1.33. The molecule has 5 rings (SSSR count). The van der Waals surface area contributed by atoms with Crippen molar-refractivity contribution in [2.24, 2.45) is 0 Å². The molecule has 2 heterocycles. The number of rotatable bonds is 4. The summed E-state index contributed by atoms with van der Waals surface area (Å²) in [5, 5.41) is 11.1. The lowest BCUT2D eigenvalue weighted by Crippen LogP contribution is -2.53. The van der Waals surface area contributed by atoms with Gasteiger partial charge in [0.1, 0.15) is 11.4 Å². The zero-order chi connectivity index (χ0) is 22.3. The quantitative estimate of drug-likeness (QED) is 0.687. The van der Waals surface area contributed by atoms with Crippen LogP contribution in [0.5, 0.6) is 5.75 Å². The Morgan fingerprint density at radius 3 is 2.38 bits per heavy atom. The number of carbonyl (C=O) groups excluding carboxylic acids is 2. The number of hydrogen-bond donors (Lipinski definition) is 1. The molecule has 0 spiro atoms. The van der Waals surface area contributed by atoms with Crippen molar-refractivity contribution in [3.05, 3.63) is 60.3 Å². The van der Waals surface area contributed by atoms with Crippen molar-refractivity contribution in [1.29, 1.82) is 0 Å². The molecule has 0 atom stereocenters. The predicted octanol–water partition coefficient (Wildman–Crippen LogP) is 2.72. The van der Waals surface area contributed by atoms with E-state index >= 15 is 0 Å². The number of pyridine rings is 1. The summed E-state index contributed by atoms with van der Waals surface area (Å²) in [4.78, 5) is 33.3. The van der Waals surface area contributed by atoms with Gasteiger partial charge in [-0.25, -0.2) is 0 Å². The Hall–Kier alpha value is -3.45. The number of piperazine rings is 1. The Labute approximate surface area is 186 Å². The third kappa shape index (κ3) is 3.69. The summed E-state index contributed by atoms with van der Waals surface area (Å²) in [6.07, 6.45) is 2.83. The lowest BCUT2D eigenvalue weighted by molar-refractivity contribution is -0.143. The number of carbonyl (C=O) groups is 2. The van der Waals surface area contributed by atoms with E-state index in [-0.39, 0.29) is 11.8 Å². The predicted molar refractivity (Wildman–Crippen MR) is 120 cm³/mol. The molecule has 2 fully saturated rings. The number of fused-ring (bicyclic) bond motifs is 1. The molecule has 0 unspecified atom stereocenters. The lowest BCUT2D eigenvalue weighted by atomic mass is 10.0. The normalized spacial score (nSPS) is 17.3. The Morgan fingerprint density at radius 1 is 0.969 bits per heavy atom. The van der Waals surface area contributed by atoms with E-state index in [1.807, 2.05) is 36.4 Å². The second-order valence-corrected chi connectivity index (χ2v) is 8.44. The number of nitrogens with zero attached hydrogens (tertiary/aromatic N) is 3. The highest BCUT2D eigenvalue weighted by Crippen LogP contribution is 2.37. The first-order chi connectivity index (χ1) is 15.5. The van der Waals surface area contributed by atoms with Crippen LogP contribution in [0.4, 0.5) is 0 Å². The van der Waals surface area contributed by atoms with Gasteiger partial charge in [-0.05, 0) is 54.3 Å². The summed E-state index contributed by atoms with van der Waals surface area (Å²) in [7, 11) is 1.56. The maximum atomic E-state index is 13.2. The second-order valence-electron chi connectivity index (χ2n) is 8.44. The Bertz CT molecular complexity index is 1200. The molecule has 2 amide bonds. The van der Waals surface area contributed by atoms with E-state index in [0.717, 1.165) is 22.0 Å². The maximum absolute atomic E-state index is 13.2. The van der Waals surface area contributed by atoms with Crippen LogP contribution >= 0.6 is 0 Å². The van der Waals surface area contributed by atoms with Crippen molar-refractivity contribution in [2.75, 3.05) is 33.3 Å². The number of ether oxygens (including phenoxy) is 1. The molecule has 3 aromatic rings. The fourth-order valence-corrected chi connectivity index (χ4v) is 4.21. The van der Waals surface area contributed by atoms with Gasteiger partial charge in [-0.3, -0.25) is 14.6 Å². The molecule has 2 aromatic carbocycles. The summed E-state index contributed by atoms with van der Waals surface area (Å²) in [5.41, 5.74) is 2.25. The van der Waals surface area contributed by atoms with Crippen LogP contribution in [0.3, 0.4) is 0 Å². The first kappa shape index (κ1) is 20.5. The van der Waals surface area contributed by atoms with Gasteiger partial charge >= 0.3 is 0 Å². The van der Waals surface area contributed by atoms with Crippen molar-refractivity contribution < 1.29 is 19.4 Å². The highest BCUT2D eigenvalue weighted by Gasteiger charge is 2.50. The van der Waals surface area contributed by atoms with Crippen LogP contribution in [-0.2, 0) is 4.79 Å². The van der Waals surface area contributed by atoms with E-state index in [2.05, 4.69) is 11.1 Å². The molecule has 1 aliphatic carbocycles. The molecule has 2 aliphatic rings. The van der Waals surface area contributed by atoms with Crippen molar-refractivity contribution >= 4 is 22.7 Å². The molecule has 1 aliphatic heterocycles. The van der Waals surface area contributed by atoms with Gasteiger partial charge in [0.25, 0.3) is 11.8 Å².